The highest BCUT2D eigenvalue weighted by Crippen LogP contribution is 2.26. The standard InChI is InChI=1S/C12H16ClNO/c13-11-5-1-2-6-12(11)15-10-4-3-8-14-9-7-10/h1-2,5-6,10,14H,3-4,7-9H2. The number of hydrogen-bond acceptors (Lipinski definition) is 2. The van der Waals surface area contributed by atoms with E-state index in [1.54, 1.807) is 0 Å². The van der Waals surface area contributed by atoms with Crippen molar-refractivity contribution in [3.63, 3.8) is 0 Å². The molecule has 0 spiro atoms. The van der Waals surface area contributed by atoms with E-state index >= 15 is 0 Å². The summed E-state index contributed by atoms with van der Waals surface area (Å²) >= 11 is 6.04. The second kappa shape index (κ2) is 5.38. The topological polar surface area (TPSA) is 21.3 Å². The molecule has 1 heterocycles. The van der Waals surface area contributed by atoms with E-state index in [0.29, 0.717) is 11.1 Å². The van der Waals surface area contributed by atoms with Gasteiger partial charge in [0.25, 0.3) is 0 Å². The molecule has 0 amide bonds. The minimum Gasteiger partial charge on any atom is -0.489 e. The van der Waals surface area contributed by atoms with E-state index in [4.69, 9.17) is 16.3 Å². The number of hydrogen-bond donors (Lipinski definition) is 1. The average molecular weight is 226 g/mol. The summed E-state index contributed by atoms with van der Waals surface area (Å²) in [4.78, 5) is 0. The number of nitrogens with one attached hydrogen (secondary N) is 1. The van der Waals surface area contributed by atoms with E-state index in [1.807, 2.05) is 24.3 Å². The lowest BCUT2D eigenvalue weighted by atomic mass is 10.1. The predicted octanol–water partition coefficient (Wildman–Crippen LogP) is 2.86. The number of benzene rings is 1. The van der Waals surface area contributed by atoms with E-state index in [-0.39, 0.29) is 0 Å². The normalized spacial score (nSPS) is 22.1. The molecular weight excluding hydrogens is 210 g/mol. The van der Waals surface area contributed by atoms with Crippen molar-refractivity contribution in [1.29, 1.82) is 0 Å². The zero-order chi connectivity index (χ0) is 10.5. The molecule has 0 aromatic heterocycles. The first-order valence-corrected chi connectivity index (χ1v) is 5.86. The van der Waals surface area contributed by atoms with Crippen LogP contribution in [0.15, 0.2) is 24.3 Å². The van der Waals surface area contributed by atoms with Gasteiger partial charge in [-0.3, -0.25) is 0 Å². The highest BCUT2D eigenvalue weighted by atomic mass is 35.5. The molecule has 1 atom stereocenters. The first-order chi connectivity index (χ1) is 7.36. The molecular formula is C12H16ClNO. The first kappa shape index (κ1) is 10.8. The van der Waals surface area contributed by atoms with E-state index < -0.39 is 0 Å². The van der Waals surface area contributed by atoms with Crippen LogP contribution < -0.4 is 10.1 Å². The molecule has 1 aromatic rings. The molecule has 0 aliphatic carbocycles. The maximum atomic E-state index is 6.04. The molecule has 0 saturated carbocycles. The molecule has 82 valence electrons. The van der Waals surface area contributed by atoms with Crippen LogP contribution in [0.3, 0.4) is 0 Å². The summed E-state index contributed by atoms with van der Waals surface area (Å²) in [5, 5.41) is 4.07. The van der Waals surface area contributed by atoms with Crippen molar-refractivity contribution in [1.82, 2.24) is 5.32 Å². The maximum absolute atomic E-state index is 6.04. The van der Waals surface area contributed by atoms with Crippen LogP contribution >= 0.6 is 11.6 Å². The maximum Gasteiger partial charge on any atom is 0.138 e. The number of halogens is 1. The van der Waals surface area contributed by atoms with Gasteiger partial charge in [-0.15, -0.1) is 0 Å². The fourth-order valence-corrected chi connectivity index (χ4v) is 2.01. The van der Waals surface area contributed by atoms with Crippen molar-refractivity contribution in [3.8, 4) is 5.75 Å². The Kier molecular flexibility index (Phi) is 3.87. The molecule has 1 unspecified atom stereocenters. The van der Waals surface area contributed by atoms with Crippen molar-refractivity contribution in [3.05, 3.63) is 29.3 Å². The predicted molar refractivity (Wildman–Crippen MR) is 62.6 cm³/mol. The van der Waals surface area contributed by atoms with Crippen LogP contribution in [-0.2, 0) is 0 Å². The third-order valence-electron chi connectivity index (χ3n) is 2.65. The van der Waals surface area contributed by atoms with Crippen molar-refractivity contribution < 1.29 is 4.74 Å². The molecule has 1 saturated heterocycles. The van der Waals surface area contributed by atoms with Crippen molar-refractivity contribution >= 4 is 11.6 Å². The van der Waals surface area contributed by atoms with Gasteiger partial charge in [0, 0.05) is 0 Å². The Bertz CT molecular complexity index is 308. The van der Waals surface area contributed by atoms with Crippen molar-refractivity contribution in [2.75, 3.05) is 13.1 Å². The minimum absolute atomic E-state index is 0.305. The van der Waals surface area contributed by atoms with Gasteiger partial charge in [0.1, 0.15) is 11.9 Å². The summed E-state index contributed by atoms with van der Waals surface area (Å²) in [6.07, 6.45) is 3.65. The molecule has 1 N–H and O–H groups in total. The average Bonchev–Trinajstić information content (AvgIpc) is 2.50. The van der Waals surface area contributed by atoms with Gasteiger partial charge in [0.15, 0.2) is 0 Å². The third kappa shape index (κ3) is 3.11. The van der Waals surface area contributed by atoms with E-state index in [9.17, 15) is 0 Å². The van der Waals surface area contributed by atoms with E-state index in [0.717, 1.165) is 31.7 Å². The molecule has 3 heteroatoms. The largest absolute Gasteiger partial charge is 0.489 e. The molecule has 0 bridgehead atoms. The second-order valence-electron chi connectivity index (χ2n) is 3.85. The van der Waals surface area contributed by atoms with Gasteiger partial charge in [-0.05, 0) is 44.5 Å². The van der Waals surface area contributed by atoms with Crippen LogP contribution in [0.5, 0.6) is 5.75 Å². The minimum atomic E-state index is 0.305. The van der Waals surface area contributed by atoms with Gasteiger partial charge in [-0.1, -0.05) is 23.7 Å². The summed E-state index contributed by atoms with van der Waals surface area (Å²) in [5.41, 5.74) is 0. The van der Waals surface area contributed by atoms with E-state index in [2.05, 4.69) is 5.32 Å². The van der Waals surface area contributed by atoms with Gasteiger partial charge < -0.3 is 10.1 Å². The summed E-state index contributed by atoms with van der Waals surface area (Å²) in [7, 11) is 0. The van der Waals surface area contributed by atoms with Crippen LogP contribution in [0.25, 0.3) is 0 Å². The highest BCUT2D eigenvalue weighted by Gasteiger charge is 2.14. The molecule has 1 fully saturated rings. The van der Waals surface area contributed by atoms with E-state index in [1.165, 1.54) is 6.42 Å². The Morgan fingerprint density at radius 1 is 1.20 bits per heavy atom. The third-order valence-corrected chi connectivity index (χ3v) is 2.97. The Morgan fingerprint density at radius 3 is 2.93 bits per heavy atom. The summed E-state index contributed by atoms with van der Waals surface area (Å²) in [5.74, 6) is 0.811. The molecule has 0 radical (unpaired) electrons. The fraction of sp³-hybridized carbons (Fsp3) is 0.500. The van der Waals surface area contributed by atoms with Crippen LogP contribution in [0, 0.1) is 0 Å². The van der Waals surface area contributed by atoms with Gasteiger partial charge in [0.2, 0.25) is 0 Å². The number of ether oxygens (including phenoxy) is 1. The molecule has 1 aliphatic rings. The summed E-state index contributed by atoms with van der Waals surface area (Å²) in [6.45, 7) is 2.14. The molecule has 1 aromatic carbocycles. The lowest BCUT2D eigenvalue weighted by Gasteiger charge is -2.17. The Labute approximate surface area is 95.6 Å². The molecule has 15 heavy (non-hydrogen) atoms. The zero-order valence-corrected chi connectivity index (χ0v) is 9.46. The van der Waals surface area contributed by atoms with Crippen LogP contribution in [0.1, 0.15) is 19.3 Å². The summed E-state index contributed by atoms with van der Waals surface area (Å²) < 4.78 is 5.89. The van der Waals surface area contributed by atoms with Crippen LogP contribution in [-0.4, -0.2) is 19.2 Å². The zero-order valence-electron chi connectivity index (χ0n) is 8.71. The van der Waals surface area contributed by atoms with Gasteiger partial charge in [-0.2, -0.15) is 0 Å². The Balaban J connectivity index is 1.98. The second-order valence-corrected chi connectivity index (χ2v) is 4.26. The summed E-state index contributed by atoms with van der Waals surface area (Å²) in [6, 6.07) is 7.67. The van der Waals surface area contributed by atoms with Gasteiger partial charge in [-0.25, -0.2) is 0 Å². The lowest BCUT2D eigenvalue weighted by molar-refractivity contribution is 0.187. The van der Waals surface area contributed by atoms with Gasteiger partial charge in [0.05, 0.1) is 5.02 Å². The number of para-hydroxylation sites is 1. The lowest BCUT2D eigenvalue weighted by Crippen LogP contribution is -2.19. The molecule has 2 nitrogen and oxygen atoms in total. The smallest absolute Gasteiger partial charge is 0.138 e. The Hall–Kier alpha value is -0.730. The molecule has 1 aliphatic heterocycles. The van der Waals surface area contributed by atoms with Crippen molar-refractivity contribution in [2.24, 2.45) is 0 Å². The molecule has 2 rings (SSSR count). The van der Waals surface area contributed by atoms with Crippen LogP contribution in [0.2, 0.25) is 5.02 Å². The first-order valence-electron chi connectivity index (χ1n) is 5.48. The quantitative estimate of drug-likeness (QED) is 0.836. The SMILES string of the molecule is Clc1ccccc1OC1CCCNCC1. The highest BCUT2D eigenvalue weighted by molar-refractivity contribution is 6.32. The van der Waals surface area contributed by atoms with Crippen molar-refractivity contribution in [2.45, 2.75) is 25.4 Å². The Morgan fingerprint density at radius 2 is 2.07 bits per heavy atom. The fourth-order valence-electron chi connectivity index (χ4n) is 1.82. The monoisotopic (exact) mass is 225 g/mol. The van der Waals surface area contributed by atoms with Crippen LogP contribution in [0.4, 0.5) is 0 Å². The van der Waals surface area contributed by atoms with Gasteiger partial charge >= 0.3 is 0 Å². The number of rotatable bonds is 2.